The van der Waals surface area contributed by atoms with E-state index in [-0.39, 0.29) is 6.10 Å². The van der Waals surface area contributed by atoms with Crippen LogP contribution in [0.15, 0.2) is 73.1 Å². The number of aromatic nitrogens is 1. The molecule has 0 aliphatic heterocycles. The van der Waals surface area contributed by atoms with E-state index in [1.807, 2.05) is 13.0 Å². The van der Waals surface area contributed by atoms with Crippen molar-refractivity contribution in [3.05, 3.63) is 73.1 Å². The lowest BCUT2D eigenvalue weighted by atomic mass is 10.0. The van der Waals surface area contributed by atoms with Gasteiger partial charge in [0.15, 0.2) is 0 Å². The van der Waals surface area contributed by atoms with Crippen LogP contribution in [-0.4, -0.2) is 15.8 Å². The molecule has 0 unspecified atom stereocenters. The first-order valence-corrected chi connectivity index (χ1v) is 9.11. The molecule has 0 aliphatic carbocycles. The average Bonchev–Trinajstić information content (AvgIpc) is 3.09. The quantitative estimate of drug-likeness (QED) is 0.596. The highest BCUT2D eigenvalue weighted by Gasteiger charge is 2.07. The fourth-order valence-corrected chi connectivity index (χ4v) is 3.19. The molecule has 0 aliphatic rings. The SMILES string of the molecule is C[C@H](CC[C@@H](C)O)Cn1ccc(-c2ccc(-c3ccccc3)cc2)c1. The van der Waals surface area contributed by atoms with Gasteiger partial charge in [-0.2, -0.15) is 0 Å². The predicted molar refractivity (Wildman–Crippen MR) is 105 cm³/mol. The van der Waals surface area contributed by atoms with Crippen LogP contribution < -0.4 is 0 Å². The highest BCUT2D eigenvalue weighted by Crippen LogP contribution is 2.25. The van der Waals surface area contributed by atoms with E-state index in [2.05, 4.69) is 78.5 Å². The van der Waals surface area contributed by atoms with Gasteiger partial charge in [-0.15, -0.1) is 0 Å². The smallest absolute Gasteiger partial charge is 0.0512 e. The number of hydrogen-bond acceptors (Lipinski definition) is 1. The second-order valence-electron chi connectivity index (χ2n) is 7.07. The van der Waals surface area contributed by atoms with Gasteiger partial charge in [0, 0.05) is 18.9 Å². The fourth-order valence-electron chi connectivity index (χ4n) is 3.19. The standard InChI is InChI=1S/C23H27NO/c1-18(8-9-19(2)25)16-24-15-14-23(17-24)22-12-10-21(11-13-22)20-6-4-3-5-7-20/h3-7,10-15,17-19,25H,8-9,16H2,1-2H3/t18-,19-/m1/s1. The molecular formula is C23H27NO. The van der Waals surface area contributed by atoms with Gasteiger partial charge in [0.1, 0.15) is 0 Å². The first kappa shape index (κ1) is 17.5. The van der Waals surface area contributed by atoms with Crippen LogP contribution in [0.25, 0.3) is 22.3 Å². The van der Waals surface area contributed by atoms with E-state index in [0.717, 1.165) is 19.4 Å². The Balaban J connectivity index is 1.66. The summed E-state index contributed by atoms with van der Waals surface area (Å²) >= 11 is 0. The molecule has 0 amide bonds. The molecule has 0 radical (unpaired) electrons. The zero-order chi connectivity index (χ0) is 17.6. The number of benzene rings is 2. The van der Waals surface area contributed by atoms with Crippen LogP contribution in [0.3, 0.4) is 0 Å². The molecule has 2 atom stereocenters. The summed E-state index contributed by atoms with van der Waals surface area (Å²) in [5.41, 5.74) is 4.99. The third-order valence-corrected chi connectivity index (χ3v) is 4.68. The van der Waals surface area contributed by atoms with Crippen LogP contribution in [0, 0.1) is 5.92 Å². The summed E-state index contributed by atoms with van der Waals surface area (Å²) in [6, 6.07) is 21.4. The number of hydrogen-bond donors (Lipinski definition) is 1. The maximum atomic E-state index is 9.42. The van der Waals surface area contributed by atoms with Gasteiger partial charge < -0.3 is 9.67 Å². The minimum atomic E-state index is -0.203. The van der Waals surface area contributed by atoms with Crippen molar-refractivity contribution < 1.29 is 5.11 Å². The van der Waals surface area contributed by atoms with E-state index in [1.165, 1.54) is 22.3 Å². The molecule has 0 spiro atoms. The Morgan fingerprint density at radius 1 is 0.760 bits per heavy atom. The molecule has 2 nitrogen and oxygen atoms in total. The lowest BCUT2D eigenvalue weighted by molar-refractivity contribution is 0.172. The first-order chi connectivity index (χ1) is 12.1. The minimum absolute atomic E-state index is 0.203. The van der Waals surface area contributed by atoms with Gasteiger partial charge in [0.05, 0.1) is 6.10 Å². The van der Waals surface area contributed by atoms with Crippen molar-refractivity contribution in [1.82, 2.24) is 4.57 Å². The second kappa shape index (κ2) is 8.17. The predicted octanol–water partition coefficient (Wildman–Crippen LogP) is 5.62. The third kappa shape index (κ3) is 4.83. The summed E-state index contributed by atoms with van der Waals surface area (Å²) in [7, 11) is 0. The third-order valence-electron chi connectivity index (χ3n) is 4.68. The molecule has 2 heteroatoms. The van der Waals surface area contributed by atoms with E-state index in [9.17, 15) is 5.11 Å². The Bertz CT molecular complexity index is 771. The van der Waals surface area contributed by atoms with E-state index < -0.39 is 0 Å². The molecule has 1 heterocycles. The molecular weight excluding hydrogens is 306 g/mol. The highest BCUT2D eigenvalue weighted by atomic mass is 16.3. The Hall–Kier alpha value is -2.32. The molecule has 0 bridgehead atoms. The van der Waals surface area contributed by atoms with Crippen molar-refractivity contribution in [2.24, 2.45) is 5.92 Å². The largest absolute Gasteiger partial charge is 0.393 e. The topological polar surface area (TPSA) is 25.2 Å². The molecule has 0 saturated carbocycles. The van der Waals surface area contributed by atoms with E-state index in [1.54, 1.807) is 0 Å². The molecule has 1 N–H and O–H groups in total. The highest BCUT2D eigenvalue weighted by molar-refractivity contribution is 5.70. The first-order valence-electron chi connectivity index (χ1n) is 9.11. The summed E-state index contributed by atoms with van der Waals surface area (Å²) < 4.78 is 2.26. The molecule has 3 aromatic rings. The van der Waals surface area contributed by atoms with Gasteiger partial charge in [-0.05, 0) is 54.0 Å². The summed E-state index contributed by atoms with van der Waals surface area (Å²) in [6.07, 6.45) is 6.09. The molecule has 25 heavy (non-hydrogen) atoms. The summed E-state index contributed by atoms with van der Waals surface area (Å²) in [6.45, 7) is 5.10. The van der Waals surface area contributed by atoms with Crippen molar-refractivity contribution in [2.45, 2.75) is 39.3 Å². The monoisotopic (exact) mass is 333 g/mol. The molecule has 0 saturated heterocycles. The van der Waals surface area contributed by atoms with E-state index >= 15 is 0 Å². The van der Waals surface area contributed by atoms with Gasteiger partial charge in [-0.1, -0.05) is 61.5 Å². The summed E-state index contributed by atoms with van der Waals surface area (Å²) in [5, 5.41) is 9.42. The van der Waals surface area contributed by atoms with Gasteiger partial charge in [-0.3, -0.25) is 0 Å². The van der Waals surface area contributed by atoms with Crippen molar-refractivity contribution in [3.63, 3.8) is 0 Å². The van der Waals surface area contributed by atoms with Crippen molar-refractivity contribution in [3.8, 4) is 22.3 Å². The minimum Gasteiger partial charge on any atom is -0.393 e. The molecule has 2 aromatic carbocycles. The van der Waals surface area contributed by atoms with Gasteiger partial charge in [0.2, 0.25) is 0 Å². The molecule has 130 valence electrons. The second-order valence-corrected chi connectivity index (χ2v) is 7.07. The van der Waals surface area contributed by atoms with Crippen molar-refractivity contribution >= 4 is 0 Å². The van der Waals surface area contributed by atoms with Crippen molar-refractivity contribution in [1.29, 1.82) is 0 Å². The Morgan fingerprint density at radius 2 is 1.36 bits per heavy atom. The Morgan fingerprint density at radius 3 is 2.00 bits per heavy atom. The Labute approximate surface area is 150 Å². The Kier molecular flexibility index (Phi) is 5.72. The van der Waals surface area contributed by atoms with Gasteiger partial charge in [0.25, 0.3) is 0 Å². The van der Waals surface area contributed by atoms with Crippen LogP contribution in [0.4, 0.5) is 0 Å². The van der Waals surface area contributed by atoms with Crippen LogP contribution in [0.5, 0.6) is 0 Å². The normalized spacial score (nSPS) is 13.6. The van der Waals surface area contributed by atoms with Gasteiger partial charge >= 0.3 is 0 Å². The van der Waals surface area contributed by atoms with E-state index in [0.29, 0.717) is 5.92 Å². The number of aliphatic hydroxyl groups excluding tert-OH is 1. The van der Waals surface area contributed by atoms with E-state index in [4.69, 9.17) is 0 Å². The maximum Gasteiger partial charge on any atom is 0.0512 e. The molecule has 3 rings (SSSR count). The maximum absolute atomic E-state index is 9.42. The zero-order valence-corrected chi connectivity index (χ0v) is 15.1. The summed E-state index contributed by atoms with van der Waals surface area (Å²) in [5.74, 6) is 0.565. The van der Waals surface area contributed by atoms with Crippen LogP contribution in [-0.2, 0) is 6.54 Å². The molecule has 0 fully saturated rings. The lowest BCUT2D eigenvalue weighted by Crippen LogP contribution is -2.09. The number of nitrogens with zero attached hydrogens (tertiary/aromatic N) is 1. The van der Waals surface area contributed by atoms with Crippen LogP contribution >= 0.6 is 0 Å². The number of aliphatic hydroxyl groups is 1. The summed E-state index contributed by atoms with van der Waals surface area (Å²) in [4.78, 5) is 0. The van der Waals surface area contributed by atoms with Crippen LogP contribution in [0.2, 0.25) is 0 Å². The average molecular weight is 333 g/mol. The lowest BCUT2D eigenvalue weighted by Gasteiger charge is -2.13. The van der Waals surface area contributed by atoms with Crippen LogP contribution in [0.1, 0.15) is 26.7 Å². The van der Waals surface area contributed by atoms with Crippen molar-refractivity contribution in [2.75, 3.05) is 0 Å². The van der Waals surface area contributed by atoms with Gasteiger partial charge in [-0.25, -0.2) is 0 Å². The number of rotatable bonds is 7. The molecule has 1 aromatic heterocycles. The zero-order valence-electron chi connectivity index (χ0n) is 15.1. The fraction of sp³-hybridized carbons (Fsp3) is 0.304.